The van der Waals surface area contributed by atoms with Crippen LogP contribution in [-0.2, 0) is 14.3 Å². The summed E-state index contributed by atoms with van der Waals surface area (Å²) in [7, 11) is 0. The summed E-state index contributed by atoms with van der Waals surface area (Å²) in [6, 6.07) is 0. The quantitative estimate of drug-likeness (QED) is 0.369. The third-order valence-electron chi connectivity index (χ3n) is 0.775. The molecule has 0 fully saturated rings. The van der Waals surface area contributed by atoms with E-state index < -0.39 is 24.5 Å². The first-order valence-electron chi connectivity index (χ1n) is 2.78. The molecule has 0 bridgehead atoms. The number of esters is 1. The zero-order valence-electron chi connectivity index (χ0n) is 5.85. The van der Waals surface area contributed by atoms with Gasteiger partial charge in [0.2, 0.25) is 0 Å². The number of ketones is 1. The molecule has 0 N–H and O–H groups in total. The van der Waals surface area contributed by atoms with E-state index in [1.54, 1.807) is 0 Å². The van der Waals surface area contributed by atoms with Gasteiger partial charge in [0, 0.05) is 0 Å². The molecule has 0 unspecified atom stereocenters. The van der Waals surface area contributed by atoms with Gasteiger partial charge in [-0.25, -0.2) is 4.79 Å². The van der Waals surface area contributed by atoms with Crippen LogP contribution in [0.15, 0.2) is 12.7 Å². The highest BCUT2D eigenvalue weighted by atomic mass is 19.4. The Kier molecular flexibility index (Phi) is 3.46. The van der Waals surface area contributed by atoms with Gasteiger partial charge in [0.15, 0.2) is 0 Å². The van der Waals surface area contributed by atoms with E-state index in [2.05, 4.69) is 11.3 Å². The fourth-order valence-electron chi connectivity index (χ4n) is 0.316. The van der Waals surface area contributed by atoms with Gasteiger partial charge >= 0.3 is 17.9 Å². The van der Waals surface area contributed by atoms with Crippen LogP contribution in [0, 0.1) is 0 Å². The molecule has 0 spiro atoms. The number of Topliss-reactive ketones (excluding diaryl/α,β-unsaturated/α-hetero) is 1. The number of rotatable bonds is 3. The van der Waals surface area contributed by atoms with Crippen molar-refractivity contribution >= 4 is 11.8 Å². The maximum absolute atomic E-state index is 11.5. The first-order valence-corrected chi connectivity index (χ1v) is 2.78. The third-order valence-corrected chi connectivity index (χ3v) is 0.775. The van der Waals surface area contributed by atoms with Gasteiger partial charge in [0.1, 0.15) is 6.61 Å². The molecule has 3 nitrogen and oxygen atoms in total. The second-order valence-corrected chi connectivity index (χ2v) is 1.71. The van der Waals surface area contributed by atoms with Crippen LogP contribution in [0.1, 0.15) is 0 Å². The fraction of sp³-hybridized carbons (Fsp3) is 0.333. The Bertz CT molecular complexity index is 207. The van der Waals surface area contributed by atoms with Gasteiger partial charge < -0.3 is 4.74 Å². The number of hydrogen-bond donors (Lipinski definition) is 0. The molecule has 68 valence electrons. The number of halogens is 3. The van der Waals surface area contributed by atoms with Gasteiger partial charge in [-0.1, -0.05) is 12.7 Å². The van der Waals surface area contributed by atoms with Crippen molar-refractivity contribution in [3.63, 3.8) is 0 Å². The lowest BCUT2D eigenvalue weighted by Crippen LogP contribution is -2.32. The Morgan fingerprint density at radius 3 is 2.25 bits per heavy atom. The molecule has 0 saturated heterocycles. The van der Waals surface area contributed by atoms with E-state index in [0.717, 1.165) is 6.08 Å². The van der Waals surface area contributed by atoms with Gasteiger partial charge in [0.25, 0.3) is 0 Å². The summed E-state index contributed by atoms with van der Waals surface area (Å²) >= 11 is 0. The molecule has 0 aliphatic carbocycles. The van der Waals surface area contributed by atoms with E-state index >= 15 is 0 Å². The lowest BCUT2D eigenvalue weighted by molar-refractivity contribution is -0.182. The molecule has 0 saturated carbocycles. The molecule has 0 aromatic heterocycles. The van der Waals surface area contributed by atoms with Crippen molar-refractivity contribution in [3.8, 4) is 0 Å². The van der Waals surface area contributed by atoms with Crippen molar-refractivity contribution < 1.29 is 27.5 Å². The van der Waals surface area contributed by atoms with Crippen LogP contribution in [0.25, 0.3) is 0 Å². The lowest BCUT2D eigenvalue weighted by Gasteiger charge is -2.03. The topological polar surface area (TPSA) is 43.4 Å². The standard InChI is InChI=1S/C6H5F3O3/c1-2-3-12-5(11)4(10)6(7,8)9/h2H,1,3H2. The highest BCUT2D eigenvalue weighted by molar-refractivity contribution is 6.35. The molecule has 0 aromatic rings. The van der Waals surface area contributed by atoms with Gasteiger partial charge in [-0.15, -0.1) is 0 Å². The average molecular weight is 182 g/mol. The third kappa shape index (κ3) is 3.18. The van der Waals surface area contributed by atoms with Gasteiger partial charge in [-0.05, 0) is 0 Å². The summed E-state index contributed by atoms with van der Waals surface area (Å²) in [5.41, 5.74) is 0. The molecule has 6 heteroatoms. The van der Waals surface area contributed by atoms with E-state index in [1.807, 2.05) is 0 Å². The highest BCUT2D eigenvalue weighted by Crippen LogP contribution is 2.16. The summed E-state index contributed by atoms with van der Waals surface area (Å²) in [6.07, 6.45) is -4.11. The molecule has 0 radical (unpaired) electrons. The molecule has 0 amide bonds. The maximum atomic E-state index is 11.5. The van der Waals surface area contributed by atoms with Crippen LogP contribution < -0.4 is 0 Å². The van der Waals surface area contributed by atoms with Crippen molar-refractivity contribution in [2.24, 2.45) is 0 Å². The highest BCUT2D eigenvalue weighted by Gasteiger charge is 2.44. The summed E-state index contributed by atoms with van der Waals surface area (Å²) in [4.78, 5) is 20.2. The van der Waals surface area contributed by atoms with Crippen LogP contribution in [0.3, 0.4) is 0 Å². The van der Waals surface area contributed by atoms with Crippen LogP contribution in [0.4, 0.5) is 13.2 Å². The average Bonchev–Trinajstić information content (AvgIpc) is 1.97. The smallest absolute Gasteiger partial charge is 0.455 e. The summed E-state index contributed by atoms with van der Waals surface area (Å²) in [5.74, 6) is -4.42. The molecule has 0 aliphatic rings. The first-order chi connectivity index (χ1) is 5.39. The Morgan fingerprint density at radius 2 is 1.92 bits per heavy atom. The second kappa shape index (κ2) is 3.89. The molecule has 0 atom stereocenters. The van der Waals surface area contributed by atoms with Crippen LogP contribution >= 0.6 is 0 Å². The number of alkyl halides is 3. The SMILES string of the molecule is C=CCOC(=O)C(=O)C(F)(F)F. The molecule has 0 aromatic carbocycles. The van der Waals surface area contributed by atoms with Crippen molar-refractivity contribution in [2.75, 3.05) is 6.61 Å². The molecular formula is C6H5F3O3. The van der Waals surface area contributed by atoms with E-state index in [1.165, 1.54) is 0 Å². The van der Waals surface area contributed by atoms with E-state index in [9.17, 15) is 22.8 Å². The van der Waals surface area contributed by atoms with Gasteiger partial charge in [-0.3, -0.25) is 4.79 Å². The summed E-state index contributed by atoms with van der Waals surface area (Å²) in [5, 5.41) is 0. The minimum absolute atomic E-state index is 0.416. The number of ether oxygens (including phenoxy) is 1. The normalized spacial score (nSPS) is 10.6. The molecular weight excluding hydrogens is 177 g/mol. The minimum Gasteiger partial charge on any atom is -0.455 e. The zero-order chi connectivity index (χ0) is 9.78. The second-order valence-electron chi connectivity index (χ2n) is 1.71. The number of carbonyl (C=O) groups excluding carboxylic acids is 2. The molecule has 0 rings (SSSR count). The predicted octanol–water partition coefficient (Wildman–Crippen LogP) is 0.847. The zero-order valence-corrected chi connectivity index (χ0v) is 5.85. The van der Waals surface area contributed by atoms with Crippen LogP contribution in [0.5, 0.6) is 0 Å². The van der Waals surface area contributed by atoms with Gasteiger partial charge in [-0.2, -0.15) is 13.2 Å². The number of hydrogen-bond acceptors (Lipinski definition) is 3. The minimum atomic E-state index is -5.17. The Labute approximate surface area is 65.8 Å². The summed E-state index contributed by atoms with van der Waals surface area (Å²) < 4.78 is 38.2. The van der Waals surface area contributed by atoms with Crippen LogP contribution in [0.2, 0.25) is 0 Å². The fourth-order valence-corrected chi connectivity index (χ4v) is 0.316. The predicted molar refractivity (Wildman–Crippen MR) is 32.2 cm³/mol. The van der Waals surface area contributed by atoms with Crippen molar-refractivity contribution in [2.45, 2.75) is 6.18 Å². The first kappa shape index (κ1) is 10.7. The Hall–Kier alpha value is -1.33. The monoisotopic (exact) mass is 182 g/mol. The molecule has 0 heterocycles. The largest absolute Gasteiger partial charge is 0.461 e. The van der Waals surface area contributed by atoms with E-state index in [-0.39, 0.29) is 0 Å². The Morgan fingerprint density at radius 1 is 1.42 bits per heavy atom. The molecule has 12 heavy (non-hydrogen) atoms. The Balaban J connectivity index is 4.12. The molecule has 0 aliphatic heterocycles. The van der Waals surface area contributed by atoms with Crippen LogP contribution in [-0.4, -0.2) is 24.5 Å². The summed E-state index contributed by atoms with van der Waals surface area (Å²) in [6.45, 7) is 2.67. The van der Waals surface area contributed by atoms with Crippen molar-refractivity contribution in [1.82, 2.24) is 0 Å². The van der Waals surface area contributed by atoms with Crippen molar-refractivity contribution in [3.05, 3.63) is 12.7 Å². The lowest BCUT2D eigenvalue weighted by atomic mass is 10.4. The van der Waals surface area contributed by atoms with Gasteiger partial charge in [0.05, 0.1) is 0 Å². The van der Waals surface area contributed by atoms with E-state index in [4.69, 9.17) is 0 Å². The maximum Gasteiger partial charge on any atom is 0.461 e. The van der Waals surface area contributed by atoms with Crippen molar-refractivity contribution in [1.29, 1.82) is 0 Å². The number of carbonyl (C=O) groups is 2. The van der Waals surface area contributed by atoms with E-state index in [0.29, 0.717) is 0 Å².